The van der Waals surface area contributed by atoms with Crippen LogP contribution in [0.4, 0.5) is 5.95 Å². The molecule has 0 aliphatic rings. The van der Waals surface area contributed by atoms with Gasteiger partial charge in [0.05, 0.1) is 0 Å². The summed E-state index contributed by atoms with van der Waals surface area (Å²) in [5.74, 6) is 6.13. The lowest BCUT2D eigenvalue weighted by atomic mass is 10.3. The highest BCUT2D eigenvalue weighted by Gasteiger charge is 1.88. The molecule has 0 aliphatic heterocycles. The molecule has 0 atom stereocenters. The van der Waals surface area contributed by atoms with Crippen LogP contribution in [0.15, 0.2) is 12.3 Å². The van der Waals surface area contributed by atoms with Crippen LogP contribution in [-0.2, 0) is 0 Å². The summed E-state index contributed by atoms with van der Waals surface area (Å²) in [4.78, 5) is 7.71. The topological polar surface area (TPSA) is 63.8 Å². The molecule has 68 valence electrons. The largest absolute Gasteiger partial charge is 0.368 e. The third kappa shape index (κ3) is 3.54. The second-order valence-electron chi connectivity index (χ2n) is 2.46. The first-order chi connectivity index (χ1) is 6.33. The molecule has 1 aromatic rings. The molecular formula is C9H12N4. The number of rotatable bonds is 2. The quantitative estimate of drug-likeness (QED) is 0.492. The van der Waals surface area contributed by atoms with Crippen molar-refractivity contribution in [2.75, 3.05) is 19.3 Å². The molecule has 1 rings (SSSR count). The lowest BCUT2D eigenvalue weighted by Gasteiger charge is -1.91. The maximum atomic E-state index is 5.39. The Morgan fingerprint density at radius 2 is 2.46 bits per heavy atom. The van der Waals surface area contributed by atoms with E-state index in [1.54, 1.807) is 12.3 Å². The minimum absolute atomic E-state index is 0.264. The Balaban J connectivity index is 2.56. The number of anilines is 1. The summed E-state index contributed by atoms with van der Waals surface area (Å²) in [6.45, 7) is 0.883. The van der Waals surface area contributed by atoms with E-state index < -0.39 is 0 Å². The Bertz CT molecular complexity index is 324. The van der Waals surface area contributed by atoms with E-state index >= 15 is 0 Å². The number of nitrogen functional groups attached to an aromatic ring is 1. The number of nitrogens with two attached hydrogens (primary N) is 1. The number of nitrogens with zero attached hydrogens (tertiary/aromatic N) is 2. The minimum Gasteiger partial charge on any atom is -0.368 e. The fourth-order valence-electron chi connectivity index (χ4n) is 0.784. The highest BCUT2D eigenvalue weighted by atomic mass is 15.0. The Morgan fingerprint density at radius 3 is 3.15 bits per heavy atom. The van der Waals surface area contributed by atoms with Crippen molar-refractivity contribution in [2.24, 2.45) is 0 Å². The summed E-state index contributed by atoms with van der Waals surface area (Å²) in [6.07, 6.45) is 2.41. The maximum Gasteiger partial charge on any atom is 0.221 e. The van der Waals surface area contributed by atoms with Crippen molar-refractivity contribution in [3.05, 3.63) is 18.0 Å². The van der Waals surface area contributed by atoms with Gasteiger partial charge in [-0.3, -0.25) is 0 Å². The van der Waals surface area contributed by atoms with E-state index in [2.05, 4.69) is 27.1 Å². The van der Waals surface area contributed by atoms with Gasteiger partial charge in [-0.2, -0.15) is 0 Å². The SMILES string of the molecule is CNCCC#Cc1ccnc(N)n1. The maximum absolute atomic E-state index is 5.39. The normalized spacial score (nSPS) is 9.00. The van der Waals surface area contributed by atoms with Crippen LogP contribution in [0.1, 0.15) is 12.1 Å². The van der Waals surface area contributed by atoms with E-state index in [0.29, 0.717) is 5.69 Å². The molecule has 0 spiro atoms. The van der Waals surface area contributed by atoms with Gasteiger partial charge in [0.1, 0.15) is 5.69 Å². The van der Waals surface area contributed by atoms with Gasteiger partial charge in [-0.25, -0.2) is 9.97 Å². The van der Waals surface area contributed by atoms with Gasteiger partial charge < -0.3 is 11.1 Å². The Kier molecular flexibility index (Phi) is 3.74. The zero-order chi connectivity index (χ0) is 9.52. The summed E-state index contributed by atoms with van der Waals surface area (Å²) in [7, 11) is 1.89. The monoisotopic (exact) mass is 176 g/mol. The Morgan fingerprint density at radius 1 is 1.62 bits per heavy atom. The summed E-state index contributed by atoms with van der Waals surface area (Å²) in [5.41, 5.74) is 6.06. The molecule has 0 radical (unpaired) electrons. The standard InChI is InChI=1S/C9H12N4/c1-11-6-3-2-4-8-5-7-12-9(10)13-8/h5,7,11H,3,6H2,1H3,(H2,10,12,13). The van der Waals surface area contributed by atoms with Crippen LogP contribution in [-0.4, -0.2) is 23.6 Å². The van der Waals surface area contributed by atoms with Crippen LogP contribution in [0.2, 0.25) is 0 Å². The first kappa shape index (κ1) is 9.49. The van der Waals surface area contributed by atoms with Crippen molar-refractivity contribution >= 4 is 5.95 Å². The van der Waals surface area contributed by atoms with Crippen molar-refractivity contribution in [2.45, 2.75) is 6.42 Å². The van der Waals surface area contributed by atoms with Gasteiger partial charge >= 0.3 is 0 Å². The van der Waals surface area contributed by atoms with E-state index in [9.17, 15) is 0 Å². The molecule has 4 heteroatoms. The molecule has 0 saturated carbocycles. The van der Waals surface area contributed by atoms with Gasteiger partial charge in [-0.15, -0.1) is 0 Å². The van der Waals surface area contributed by atoms with Crippen molar-refractivity contribution in [3.63, 3.8) is 0 Å². The van der Waals surface area contributed by atoms with Gasteiger partial charge in [-0.1, -0.05) is 5.92 Å². The summed E-state index contributed by atoms with van der Waals surface area (Å²) in [5, 5.41) is 3.01. The predicted octanol–water partition coefficient (Wildman–Crippen LogP) is 0.0198. The molecule has 1 heterocycles. The van der Waals surface area contributed by atoms with Crippen LogP contribution >= 0.6 is 0 Å². The van der Waals surface area contributed by atoms with Crippen LogP contribution < -0.4 is 11.1 Å². The lowest BCUT2D eigenvalue weighted by molar-refractivity contribution is 0.818. The zero-order valence-corrected chi connectivity index (χ0v) is 7.54. The first-order valence-electron chi connectivity index (χ1n) is 4.05. The van der Waals surface area contributed by atoms with Crippen LogP contribution in [0.3, 0.4) is 0 Å². The molecule has 0 aromatic carbocycles. The molecule has 0 unspecified atom stereocenters. The number of hydrogen-bond donors (Lipinski definition) is 2. The number of nitrogens with one attached hydrogen (secondary N) is 1. The average Bonchev–Trinajstić information content (AvgIpc) is 2.13. The highest BCUT2D eigenvalue weighted by Crippen LogP contribution is 1.93. The van der Waals surface area contributed by atoms with Gasteiger partial charge in [0.2, 0.25) is 5.95 Å². The van der Waals surface area contributed by atoms with Crippen LogP contribution in [0, 0.1) is 11.8 Å². The minimum atomic E-state index is 0.264. The van der Waals surface area contributed by atoms with E-state index in [1.807, 2.05) is 7.05 Å². The molecule has 0 saturated heterocycles. The second kappa shape index (κ2) is 5.12. The third-order valence-corrected chi connectivity index (χ3v) is 1.39. The predicted molar refractivity (Wildman–Crippen MR) is 51.9 cm³/mol. The second-order valence-corrected chi connectivity index (χ2v) is 2.46. The molecule has 13 heavy (non-hydrogen) atoms. The van der Waals surface area contributed by atoms with Gasteiger partial charge in [0, 0.05) is 19.2 Å². The van der Waals surface area contributed by atoms with Gasteiger partial charge in [0.15, 0.2) is 0 Å². The van der Waals surface area contributed by atoms with Gasteiger partial charge in [0.25, 0.3) is 0 Å². The number of hydrogen-bond acceptors (Lipinski definition) is 4. The van der Waals surface area contributed by atoms with Gasteiger partial charge in [-0.05, 0) is 19.0 Å². The molecule has 0 fully saturated rings. The van der Waals surface area contributed by atoms with Crippen molar-refractivity contribution in [1.82, 2.24) is 15.3 Å². The third-order valence-electron chi connectivity index (χ3n) is 1.39. The lowest BCUT2D eigenvalue weighted by Crippen LogP contribution is -2.05. The Labute approximate surface area is 77.6 Å². The Hall–Kier alpha value is -1.60. The molecular weight excluding hydrogens is 164 g/mol. The van der Waals surface area contributed by atoms with E-state index in [-0.39, 0.29) is 5.95 Å². The first-order valence-corrected chi connectivity index (χ1v) is 4.05. The zero-order valence-electron chi connectivity index (χ0n) is 7.54. The fourth-order valence-corrected chi connectivity index (χ4v) is 0.784. The molecule has 1 aromatic heterocycles. The van der Waals surface area contributed by atoms with Crippen molar-refractivity contribution in [3.8, 4) is 11.8 Å². The fraction of sp³-hybridized carbons (Fsp3) is 0.333. The summed E-state index contributed by atoms with van der Waals surface area (Å²) >= 11 is 0. The highest BCUT2D eigenvalue weighted by molar-refractivity contribution is 5.30. The van der Waals surface area contributed by atoms with Crippen LogP contribution in [0.5, 0.6) is 0 Å². The van der Waals surface area contributed by atoms with E-state index in [0.717, 1.165) is 13.0 Å². The van der Waals surface area contributed by atoms with Crippen molar-refractivity contribution in [1.29, 1.82) is 0 Å². The number of aromatic nitrogens is 2. The van der Waals surface area contributed by atoms with Crippen LogP contribution in [0.25, 0.3) is 0 Å². The molecule has 4 nitrogen and oxygen atoms in total. The summed E-state index contributed by atoms with van der Waals surface area (Å²) in [6, 6.07) is 1.74. The molecule has 3 N–H and O–H groups in total. The smallest absolute Gasteiger partial charge is 0.221 e. The summed E-state index contributed by atoms with van der Waals surface area (Å²) < 4.78 is 0. The molecule has 0 aliphatic carbocycles. The average molecular weight is 176 g/mol. The van der Waals surface area contributed by atoms with Crippen molar-refractivity contribution < 1.29 is 0 Å². The van der Waals surface area contributed by atoms with E-state index in [4.69, 9.17) is 5.73 Å². The van der Waals surface area contributed by atoms with E-state index in [1.165, 1.54) is 0 Å². The molecule has 0 amide bonds. The molecule has 0 bridgehead atoms.